The summed E-state index contributed by atoms with van der Waals surface area (Å²) in [5, 5.41) is 0. The molecule has 1 aliphatic heterocycles. The molecule has 0 atom stereocenters. The monoisotopic (exact) mass is 447 g/mol. The highest BCUT2D eigenvalue weighted by Gasteiger charge is 2.34. The maximum Gasteiger partial charge on any atom is 0.261 e. The number of hydrogen-bond donors (Lipinski definition) is 0. The smallest absolute Gasteiger partial charge is 0.261 e. The fourth-order valence-electron chi connectivity index (χ4n) is 3.83. The first-order valence-corrected chi connectivity index (χ1v) is 12.4. The van der Waals surface area contributed by atoms with Crippen LogP contribution in [0.5, 0.6) is 0 Å². The summed E-state index contributed by atoms with van der Waals surface area (Å²) in [4.78, 5) is 25.7. The second kappa shape index (κ2) is 16.8. The van der Waals surface area contributed by atoms with E-state index >= 15 is 0 Å². The van der Waals surface area contributed by atoms with Gasteiger partial charge in [0.2, 0.25) is 0 Å². The molecule has 0 aromatic heterocycles. The number of imide groups is 1. The number of carbonyl (C=O) groups is 2. The van der Waals surface area contributed by atoms with Crippen molar-refractivity contribution in [1.82, 2.24) is 4.90 Å². The zero-order valence-corrected chi connectivity index (χ0v) is 19.8. The number of nitrogens with zero attached hydrogens (tertiary/aromatic N) is 1. The van der Waals surface area contributed by atoms with E-state index in [-0.39, 0.29) is 18.4 Å². The van der Waals surface area contributed by atoms with E-state index in [0.29, 0.717) is 44.2 Å². The van der Waals surface area contributed by atoms with Crippen molar-refractivity contribution < 1.29 is 23.8 Å². The summed E-state index contributed by atoms with van der Waals surface area (Å²) >= 11 is 0. The number of benzene rings is 1. The van der Waals surface area contributed by atoms with Crippen molar-refractivity contribution in [2.75, 3.05) is 46.2 Å². The summed E-state index contributed by atoms with van der Waals surface area (Å²) in [6, 6.07) is 6.90. The van der Waals surface area contributed by atoms with Crippen molar-refractivity contribution in [1.29, 1.82) is 0 Å². The Morgan fingerprint density at radius 2 is 1.03 bits per heavy atom. The minimum atomic E-state index is -0.245. The van der Waals surface area contributed by atoms with Crippen LogP contribution in [0.15, 0.2) is 24.3 Å². The lowest BCUT2D eigenvalue weighted by molar-refractivity contribution is 0.0106. The molecule has 180 valence electrons. The molecule has 1 aromatic carbocycles. The summed E-state index contributed by atoms with van der Waals surface area (Å²) in [6.07, 6.45) is 13.3. The molecular weight excluding hydrogens is 406 g/mol. The van der Waals surface area contributed by atoms with Gasteiger partial charge in [-0.1, -0.05) is 76.8 Å². The van der Waals surface area contributed by atoms with Gasteiger partial charge in [-0.15, -0.1) is 0 Å². The number of amides is 2. The number of carbonyl (C=O) groups excluding carboxylic acids is 2. The van der Waals surface area contributed by atoms with Crippen molar-refractivity contribution in [2.45, 2.75) is 71.1 Å². The molecule has 0 saturated carbocycles. The van der Waals surface area contributed by atoms with Gasteiger partial charge >= 0.3 is 0 Å². The predicted molar refractivity (Wildman–Crippen MR) is 126 cm³/mol. The average Bonchev–Trinajstić information content (AvgIpc) is 3.05. The van der Waals surface area contributed by atoms with E-state index in [1.165, 1.54) is 62.7 Å². The number of hydrogen-bond acceptors (Lipinski definition) is 5. The second-order valence-corrected chi connectivity index (χ2v) is 8.33. The second-order valence-electron chi connectivity index (χ2n) is 8.33. The molecular formula is C26H41NO5. The van der Waals surface area contributed by atoms with E-state index in [2.05, 4.69) is 6.92 Å². The minimum Gasteiger partial charge on any atom is -0.379 e. The van der Waals surface area contributed by atoms with Crippen molar-refractivity contribution in [3.05, 3.63) is 35.4 Å². The SMILES string of the molecule is CCCCCCCCCCCCOCCOCCOCCN1C(=O)c2ccccc2C1=O. The average molecular weight is 448 g/mol. The van der Waals surface area contributed by atoms with Crippen LogP contribution in [0.4, 0.5) is 0 Å². The first-order chi connectivity index (χ1) is 15.8. The van der Waals surface area contributed by atoms with E-state index in [1.54, 1.807) is 24.3 Å². The van der Waals surface area contributed by atoms with Crippen LogP contribution >= 0.6 is 0 Å². The van der Waals surface area contributed by atoms with Crippen LogP contribution in [0, 0.1) is 0 Å². The topological polar surface area (TPSA) is 65.1 Å². The highest BCUT2D eigenvalue weighted by Crippen LogP contribution is 2.21. The molecule has 2 amide bonds. The van der Waals surface area contributed by atoms with Crippen LogP contribution in [0.3, 0.4) is 0 Å². The molecule has 1 aromatic rings. The predicted octanol–water partition coefficient (Wildman–Crippen LogP) is 5.25. The van der Waals surface area contributed by atoms with E-state index in [0.717, 1.165) is 13.0 Å². The molecule has 0 N–H and O–H groups in total. The van der Waals surface area contributed by atoms with Gasteiger partial charge in [0.05, 0.1) is 50.7 Å². The third kappa shape index (κ3) is 9.80. The number of unbranched alkanes of at least 4 members (excludes halogenated alkanes) is 9. The molecule has 0 bridgehead atoms. The molecule has 1 heterocycles. The van der Waals surface area contributed by atoms with E-state index in [9.17, 15) is 9.59 Å². The van der Waals surface area contributed by atoms with Crippen LogP contribution in [0.25, 0.3) is 0 Å². The molecule has 6 nitrogen and oxygen atoms in total. The van der Waals surface area contributed by atoms with Gasteiger partial charge in [0.25, 0.3) is 11.8 Å². The number of fused-ring (bicyclic) bond motifs is 1. The van der Waals surface area contributed by atoms with Gasteiger partial charge in [-0.2, -0.15) is 0 Å². The third-order valence-corrected chi connectivity index (χ3v) is 5.72. The fraction of sp³-hybridized carbons (Fsp3) is 0.692. The van der Waals surface area contributed by atoms with Crippen molar-refractivity contribution in [3.63, 3.8) is 0 Å². The summed E-state index contributed by atoms with van der Waals surface area (Å²) in [5.74, 6) is -0.491. The van der Waals surface area contributed by atoms with E-state index in [4.69, 9.17) is 14.2 Å². The molecule has 1 aliphatic rings. The minimum absolute atomic E-state index is 0.245. The Hall–Kier alpha value is -1.76. The molecule has 6 heteroatoms. The summed E-state index contributed by atoms with van der Waals surface area (Å²) in [7, 11) is 0. The first kappa shape index (κ1) is 26.5. The van der Waals surface area contributed by atoms with Crippen LogP contribution in [-0.4, -0.2) is 62.9 Å². The molecule has 0 radical (unpaired) electrons. The molecule has 0 aliphatic carbocycles. The molecule has 0 unspecified atom stereocenters. The maximum atomic E-state index is 12.2. The van der Waals surface area contributed by atoms with Gasteiger partial charge in [-0.25, -0.2) is 0 Å². The van der Waals surface area contributed by atoms with Crippen molar-refractivity contribution in [2.24, 2.45) is 0 Å². The van der Waals surface area contributed by atoms with Gasteiger partial charge in [0.15, 0.2) is 0 Å². The van der Waals surface area contributed by atoms with Gasteiger partial charge in [-0.05, 0) is 18.6 Å². The van der Waals surface area contributed by atoms with Gasteiger partial charge < -0.3 is 14.2 Å². The largest absolute Gasteiger partial charge is 0.379 e. The quantitative estimate of drug-likeness (QED) is 0.202. The highest BCUT2D eigenvalue weighted by molar-refractivity contribution is 6.21. The van der Waals surface area contributed by atoms with Crippen LogP contribution in [0.1, 0.15) is 91.8 Å². The Bertz CT molecular complexity index is 628. The van der Waals surface area contributed by atoms with Crippen molar-refractivity contribution >= 4 is 11.8 Å². The Kier molecular flexibility index (Phi) is 13.9. The summed E-state index contributed by atoms with van der Waals surface area (Å²) < 4.78 is 16.6. The maximum absolute atomic E-state index is 12.2. The normalized spacial score (nSPS) is 13.2. The Morgan fingerprint density at radius 1 is 0.594 bits per heavy atom. The highest BCUT2D eigenvalue weighted by atomic mass is 16.5. The molecule has 0 fully saturated rings. The number of ether oxygens (including phenoxy) is 3. The Labute approximate surface area is 193 Å². The van der Waals surface area contributed by atoms with Crippen LogP contribution in [0.2, 0.25) is 0 Å². The third-order valence-electron chi connectivity index (χ3n) is 5.72. The molecule has 0 saturated heterocycles. The molecule has 2 rings (SSSR count). The standard InChI is InChI=1S/C26H41NO5/c1-2-3-4-5-6-7-8-9-10-13-17-30-19-21-32-22-20-31-18-16-27-25(28)23-14-11-12-15-24(23)26(27)29/h11-12,14-15H,2-10,13,16-22H2,1H3. The Morgan fingerprint density at radius 3 is 1.56 bits per heavy atom. The lowest BCUT2D eigenvalue weighted by Crippen LogP contribution is -2.33. The summed E-state index contributed by atoms with van der Waals surface area (Å²) in [6.45, 7) is 5.70. The number of rotatable bonds is 20. The van der Waals surface area contributed by atoms with Crippen molar-refractivity contribution in [3.8, 4) is 0 Å². The fourth-order valence-corrected chi connectivity index (χ4v) is 3.83. The van der Waals surface area contributed by atoms with Crippen LogP contribution < -0.4 is 0 Å². The first-order valence-electron chi connectivity index (χ1n) is 12.4. The van der Waals surface area contributed by atoms with Gasteiger partial charge in [0, 0.05) is 6.61 Å². The molecule has 0 spiro atoms. The Balaban J connectivity index is 1.32. The summed E-state index contributed by atoms with van der Waals surface area (Å²) in [5.41, 5.74) is 0.942. The lowest BCUT2D eigenvalue weighted by Gasteiger charge is -2.13. The zero-order valence-electron chi connectivity index (χ0n) is 19.8. The van der Waals surface area contributed by atoms with E-state index in [1.807, 2.05) is 0 Å². The molecule has 32 heavy (non-hydrogen) atoms. The zero-order chi connectivity index (χ0) is 22.9. The lowest BCUT2D eigenvalue weighted by atomic mass is 10.1. The van der Waals surface area contributed by atoms with Crippen LogP contribution in [-0.2, 0) is 14.2 Å². The van der Waals surface area contributed by atoms with E-state index < -0.39 is 0 Å². The van der Waals surface area contributed by atoms with Gasteiger partial charge in [-0.3, -0.25) is 14.5 Å². The van der Waals surface area contributed by atoms with Gasteiger partial charge in [0.1, 0.15) is 0 Å².